The van der Waals surface area contributed by atoms with E-state index in [9.17, 15) is 0 Å². The molecule has 1 aliphatic rings. The summed E-state index contributed by atoms with van der Waals surface area (Å²) < 4.78 is 2.04. The third kappa shape index (κ3) is 1.76. The molecule has 1 heterocycles. The largest absolute Gasteiger partial charge is 0.324 e. The van der Waals surface area contributed by atoms with Crippen LogP contribution in [0.15, 0.2) is 30.5 Å². The zero-order valence-corrected chi connectivity index (χ0v) is 10.1. The Morgan fingerprint density at radius 2 is 2.29 bits per heavy atom. The molecule has 1 atom stereocenters. The molecule has 0 spiro atoms. The van der Waals surface area contributed by atoms with Crippen LogP contribution >= 0.6 is 0 Å². The lowest BCUT2D eigenvalue weighted by atomic mass is 9.94. The van der Waals surface area contributed by atoms with Crippen molar-refractivity contribution in [3.63, 3.8) is 0 Å². The van der Waals surface area contributed by atoms with Gasteiger partial charge in [-0.1, -0.05) is 12.1 Å². The van der Waals surface area contributed by atoms with Gasteiger partial charge in [-0.05, 0) is 43.9 Å². The van der Waals surface area contributed by atoms with Crippen LogP contribution in [-0.2, 0) is 6.42 Å². The standard InChI is InChI=1S/C14H17N3/c1-10-4-2-5-11(8-10)17-14-7-3-6-13(15)12(14)9-16-17/h2,4-5,8-9,13H,3,6-7,15H2,1H3/t13-/m1/s1. The second-order valence-corrected chi connectivity index (χ2v) is 4.80. The van der Waals surface area contributed by atoms with E-state index in [4.69, 9.17) is 5.73 Å². The Kier molecular flexibility index (Phi) is 2.48. The van der Waals surface area contributed by atoms with Crippen molar-refractivity contribution >= 4 is 0 Å². The normalized spacial score (nSPS) is 19.1. The number of aryl methyl sites for hydroxylation is 1. The smallest absolute Gasteiger partial charge is 0.0651 e. The number of fused-ring (bicyclic) bond motifs is 1. The molecule has 0 saturated heterocycles. The van der Waals surface area contributed by atoms with Gasteiger partial charge in [0.2, 0.25) is 0 Å². The number of benzene rings is 1. The van der Waals surface area contributed by atoms with Crippen molar-refractivity contribution in [3.8, 4) is 5.69 Å². The Morgan fingerprint density at radius 1 is 1.41 bits per heavy atom. The van der Waals surface area contributed by atoms with Crippen LogP contribution in [-0.4, -0.2) is 9.78 Å². The summed E-state index contributed by atoms with van der Waals surface area (Å²) in [6.45, 7) is 2.10. The van der Waals surface area contributed by atoms with Gasteiger partial charge in [-0.3, -0.25) is 0 Å². The quantitative estimate of drug-likeness (QED) is 0.813. The first-order valence-corrected chi connectivity index (χ1v) is 6.15. The molecule has 88 valence electrons. The van der Waals surface area contributed by atoms with Crippen LogP contribution in [0, 0.1) is 6.92 Å². The summed E-state index contributed by atoms with van der Waals surface area (Å²) in [5.74, 6) is 0. The predicted molar refractivity (Wildman–Crippen MR) is 68.2 cm³/mol. The second-order valence-electron chi connectivity index (χ2n) is 4.80. The van der Waals surface area contributed by atoms with Gasteiger partial charge in [-0.2, -0.15) is 5.10 Å². The van der Waals surface area contributed by atoms with E-state index in [1.807, 2.05) is 10.9 Å². The first-order valence-electron chi connectivity index (χ1n) is 6.15. The summed E-state index contributed by atoms with van der Waals surface area (Å²) in [5.41, 5.74) is 11.0. The van der Waals surface area contributed by atoms with Gasteiger partial charge in [-0.25, -0.2) is 4.68 Å². The van der Waals surface area contributed by atoms with E-state index in [2.05, 4.69) is 36.3 Å². The number of hydrogen-bond donors (Lipinski definition) is 1. The van der Waals surface area contributed by atoms with Gasteiger partial charge in [0, 0.05) is 17.3 Å². The Bertz CT molecular complexity index is 542. The molecule has 1 aliphatic carbocycles. The van der Waals surface area contributed by atoms with Crippen LogP contribution in [0.1, 0.15) is 35.7 Å². The Labute approximate surface area is 101 Å². The monoisotopic (exact) mass is 227 g/mol. The molecule has 0 radical (unpaired) electrons. The number of rotatable bonds is 1. The minimum atomic E-state index is 0.164. The fourth-order valence-electron chi connectivity index (χ4n) is 2.57. The predicted octanol–water partition coefficient (Wildman–Crippen LogP) is 2.52. The molecule has 17 heavy (non-hydrogen) atoms. The molecular weight excluding hydrogens is 210 g/mol. The molecule has 2 N–H and O–H groups in total. The van der Waals surface area contributed by atoms with Crippen molar-refractivity contribution < 1.29 is 0 Å². The maximum absolute atomic E-state index is 6.11. The first-order chi connectivity index (χ1) is 8.25. The van der Waals surface area contributed by atoms with Gasteiger partial charge < -0.3 is 5.73 Å². The van der Waals surface area contributed by atoms with E-state index in [1.165, 1.54) is 16.8 Å². The van der Waals surface area contributed by atoms with Crippen molar-refractivity contribution in [1.82, 2.24) is 9.78 Å². The van der Waals surface area contributed by atoms with Crippen molar-refractivity contribution in [3.05, 3.63) is 47.3 Å². The molecule has 3 rings (SSSR count). The topological polar surface area (TPSA) is 43.8 Å². The van der Waals surface area contributed by atoms with E-state index in [1.54, 1.807) is 0 Å². The molecule has 3 nitrogen and oxygen atoms in total. The molecule has 1 aromatic heterocycles. The first kappa shape index (κ1) is 10.5. The van der Waals surface area contributed by atoms with E-state index in [-0.39, 0.29) is 6.04 Å². The minimum Gasteiger partial charge on any atom is -0.324 e. The Morgan fingerprint density at radius 3 is 3.12 bits per heavy atom. The summed E-state index contributed by atoms with van der Waals surface area (Å²) in [7, 11) is 0. The fourth-order valence-corrected chi connectivity index (χ4v) is 2.57. The van der Waals surface area contributed by atoms with Crippen LogP contribution in [0.3, 0.4) is 0 Å². The molecule has 1 aromatic carbocycles. The SMILES string of the molecule is Cc1cccc(-n2ncc3c2CCC[C@H]3N)c1. The lowest BCUT2D eigenvalue weighted by molar-refractivity contribution is 0.558. The highest BCUT2D eigenvalue weighted by atomic mass is 15.3. The van der Waals surface area contributed by atoms with Crippen LogP contribution in [0.2, 0.25) is 0 Å². The Balaban J connectivity index is 2.10. The molecule has 3 heteroatoms. The minimum absolute atomic E-state index is 0.164. The molecule has 2 aromatic rings. The highest BCUT2D eigenvalue weighted by Gasteiger charge is 2.21. The highest BCUT2D eigenvalue weighted by Crippen LogP contribution is 2.29. The summed E-state index contributed by atoms with van der Waals surface area (Å²) in [6.07, 6.45) is 5.25. The molecular formula is C14H17N3. The number of aromatic nitrogens is 2. The van der Waals surface area contributed by atoms with E-state index < -0.39 is 0 Å². The van der Waals surface area contributed by atoms with Gasteiger partial charge in [0.05, 0.1) is 11.9 Å². The van der Waals surface area contributed by atoms with Crippen LogP contribution in [0.5, 0.6) is 0 Å². The van der Waals surface area contributed by atoms with Gasteiger partial charge in [0.15, 0.2) is 0 Å². The van der Waals surface area contributed by atoms with E-state index in [0.29, 0.717) is 0 Å². The maximum atomic E-state index is 6.11. The summed E-state index contributed by atoms with van der Waals surface area (Å²) in [6, 6.07) is 8.60. The Hall–Kier alpha value is -1.61. The van der Waals surface area contributed by atoms with Crippen LogP contribution < -0.4 is 5.73 Å². The number of nitrogens with zero attached hydrogens (tertiary/aromatic N) is 2. The molecule has 0 fully saturated rings. The summed E-state index contributed by atoms with van der Waals surface area (Å²) >= 11 is 0. The summed E-state index contributed by atoms with van der Waals surface area (Å²) in [4.78, 5) is 0. The highest BCUT2D eigenvalue weighted by molar-refractivity contribution is 5.39. The maximum Gasteiger partial charge on any atom is 0.0651 e. The van der Waals surface area contributed by atoms with E-state index >= 15 is 0 Å². The molecule has 0 saturated carbocycles. The van der Waals surface area contributed by atoms with Crippen molar-refractivity contribution in [2.75, 3.05) is 0 Å². The average molecular weight is 227 g/mol. The van der Waals surface area contributed by atoms with Crippen LogP contribution in [0.25, 0.3) is 5.69 Å². The number of nitrogens with two attached hydrogens (primary N) is 1. The van der Waals surface area contributed by atoms with Crippen molar-refractivity contribution in [2.24, 2.45) is 5.73 Å². The van der Waals surface area contributed by atoms with Gasteiger partial charge >= 0.3 is 0 Å². The van der Waals surface area contributed by atoms with Crippen LogP contribution in [0.4, 0.5) is 0 Å². The third-order valence-corrected chi connectivity index (χ3v) is 3.48. The average Bonchev–Trinajstić information content (AvgIpc) is 2.74. The zero-order valence-electron chi connectivity index (χ0n) is 10.1. The van der Waals surface area contributed by atoms with Crippen molar-refractivity contribution in [2.45, 2.75) is 32.2 Å². The molecule has 0 aliphatic heterocycles. The molecule has 0 bridgehead atoms. The second kappa shape index (κ2) is 4.00. The number of hydrogen-bond acceptors (Lipinski definition) is 2. The van der Waals surface area contributed by atoms with Crippen molar-refractivity contribution in [1.29, 1.82) is 0 Å². The molecule has 0 amide bonds. The van der Waals surface area contributed by atoms with Gasteiger partial charge in [0.25, 0.3) is 0 Å². The zero-order chi connectivity index (χ0) is 11.8. The lowest BCUT2D eigenvalue weighted by Crippen LogP contribution is -2.17. The summed E-state index contributed by atoms with van der Waals surface area (Å²) in [5, 5.41) is 4.50. The third-order valence-electron chi connectivity index (χ3n) is 3.48. The molecule has 0 unspecified atom stereocenters. The lowest BCUT2D eigenvalue weighted by Gasteiger charge is -2.19. The fraction of sp³-hybridized carbons (Fsp3) is 0.357. The van der Waals surface area contributed by atoms with Gasteiger partial charge in [0.1, 0.15) is 0 Å². The van der Waals surface area contributed by atoms with E-state index in [0.717, 1.165) is 24.9 Å². The van der Waals surface area contributed by atoms with Gasteiger partial charge in [-0.15, -0.1) is 0 Å².